The van der Waals surface area contributed by atoms with Crippen LogP contribution in [0.2, 0.25) is 0 Å². The molecule has 3 saturated heterocycles. The molecule has 8 fully saturated rings. The van der Waals surface area contributed by atoms with Gasteiger partial charge in [-0.15, -0.1) is 0 Å². The van der Waals surface area contributed by atoms with Crippen LogP contribution in [0.3, 0.4) is 0 Å². The fraction of sp³-hybridized carbons (Fsp3) is 1.00. The topological polar surface area (TPSA) is 228 Å². The standard InChI is InChI=1S/C41H68O14/c1-34(2)24(53-32-28(27(47)26(46)22(16-42)52-32)54-33-31(48)41(50,18-43)19-51-33)9-11-40-17-39(40)13-12-36(5)30(38(7)10-8-25(55-38)35(3,4)49)21(45)15-37(36,6)23(39)14-20(44)29(34)40/h20-33,42-50H,8-19H2,1-7H3/t20-,21-,22+,23?,24?,25-,26+,27-,28+,29?,30?,31-,32-,33-,36?,37-,38?,39-,40+,41+/m0/s1. The summed E-state index contributed by atoms with van der Waals surface area (Å²) in [5.74, 6) is -0.0277. The van der Waals surface area contributed by atoms with Gasteiger partial charge in [0.25, 0.3) is 0 Å². The van der Waals surface area contributed by atoms with Crippen LogP contribution in [0, 0.1) is 44.8 Å². The highest BCUT2D eigenvalue weighted by molar-refractivity contribution is 5.33. The first kappa shape index (κ1) is 41.2. The van der Waals surface area contributed by atoms with Crippen LogP contribution < -0.4 is 0 Å². The van der Waals surface area contributed by atoms with E-state index in [1.807, 2.05) is 0 Å². The SMILES string of the molecule is CC1(C2[C@@H](O)C[C@@]3(C)C4C[C@H](O)C5C(C)(C)C(O[C@@H]6O[C@H](CO)[C@@H](O)[C@H](O)[C@H]6O[C@@H]6OC[C@](O)(CO)[C@H]6O)CC[C@@]56C[C@@]46CCC23C)CC[C@@H](C(C)(C)O)O1. The first-order valence-electron chi connectivity index (χ1n) is 20.8. The molecule has 5 aliphatic carbocycles. The molecule has 9 N–H and O–H groups in total. The molecular formula is C41H68O14. The number of fused-ring (bicyclic) bond motifs is 2. The number of aliphatic hydroxyl groups is 9. The highest BCUT2D eigenvalue weighted by Gasteiger charge is 2.85. The predicted octanol–water partition coefficient (Wildman–Crippen LogP) is 0.726. The molecule has 6 unspecified atom stereocenters. The average Bonchev–Trinajstić information content (AvgIpc) is 3.25. The lowest BCUT2D eigenvalue weighted by molar-refractivity contribution is -0.355. The van der Waals surface area contributed by atoms with E-state index in [1.165, 1.54) is 0 Å². The molecule has 3 aliphatic heterocycles. The molecule has 14 nitrogen and oxygen atoms in total. The highest BCUT2D eigenvalue weighted by atomic mass is 16.8. The lowest BCUT2D eigenvalue weighted by Gasteiger charge is -2.65. The van der Waals surface area contributed by atoms with E-state index in [-0.39, 0.29) is 45.5 Å². The Morgan fingerprint density at radius 1 is 0.782 bits per heavy atom. The summed E-state index contributed by atoms with van der Waals surface area (Å²) in [5.41, 5.74) is -4.71. The largest absolute Gasteiger partial charge is 0.394 e. The zero-order valence-corrected chi connectivity index (χ0v) is 33.6. The Morgan fingerprint density at radius 3 is 2.11 bits per heavy atom. The summed E-state index contributed by atoms with van der Waals surface area (Å²) < 4.78 is 30.9. The summed E-state index contributed by atoms with van der Waals surface area (Å²) in [5, 5.41) is 98.2. The van der Waals surface area contributed by atoms with Crippen molar-refractivity contribution < 1.29 is 69.6 Å². The Balaban J connectivity index is 1.04. The average molecular weight is 785 g/mol. The van der Waals surface area contributed by atoms with Gasteiger partial charge in [0.15, 0.2) is 12.6 Å². The molecule has 0 bridgehead atoms. The number of rotatable bonds is 8. The molecule has 14 heteroatoms. The molecule has 20 atom stereocenters. The van der Waals surface area contributed by atoms with Crippen molar-refractivity contribution in [1.29, 1.82) is 0 Å². The van der Waals surface area contributed by atoms with Crippen LogP contribution >= 0.6 is 0 Å². The Hall–Kier alpha value is -0.560. The van der Waals surface area contributed by atoms with Crippen molar-refractivity contribution >= 4 is 0 Å². The molecule has 8 rings (SSSR count). The van der Waals surface area contributed by atoms with Gasteiger partial charge in [0, 0.05) is 5.92 Å². The van der Waals surface area contributed by atoms with E-state index in [1.54, 1.807) is 13.8 Å². The summed E-state index contributed by atoms with van der Waals surface area (Å²) in [6.07, 6.45) is -5.03. The van der Waals surface area contributed by atoms with Crippen LogP contribution in [-0.2, 0) is 23.7 Å². The van der Waals surface area contributed by atoms with Crippen molar-refractivity contribution in [1.82, 2.24) is 0 Å². The number of ether oxygens (including phenoxy) is 5. The van der Waals surface area contributed by atoms with E-state index in [2.05, 4.69) is 34.6 Å². The van der Waals surface area contributed by atoms with E-state index >= 15 is 0 Å². The molecule has 2 spiro atoms. The van der Waals surface area contributed by atoms with Crippen LogP contribution in [0.25, 0.3) is 0 Å². The molecule has 8 aliphatic rings. The summed E-state index contributed by atoms with van der Waals surface area (Å²) >= 11 is 0. The first-order valence-corrected chi connectivity index (χ1v) is 20.8. The minimum Gasteiger partial charge on any atom is -0.394 e. The summed E-state index contributed by atoms with van der Waals surface area (Å²) in [6.45, 7) is 12.8. The van der Waals surface area contributed by atoms with E-state index in [0.717, 1.165) is 38.5 Å². The van der Waals surface area contributed by atoms with E-state index < -0.39 is 103 Å². The van der Waals surface area contributed by atoms with Crippen molar-refractivity contribution in [2.45, 2.75) is 191 Å². The zero-order chi connectivity index (χ0) is 40.1. The van der Waals surface area contributed by atoms with Gasteiger partial charge in [0.1, 0.15) is 36.1 Å². The van der Waals surface area contributed by atoms with Crippen molar-refractivity contribution in [2.75, 3.05) is 19.8 Å². The fourth-order valence-corrected chi connectivity index (χ4v) is 14.9. The maximum Gasteiger partial charge on any atom is 0.187 e. The van der Waals surface area contributed by atoms with Gasteiger partial charge in [-0.2, -0.15) is 0 Å². The second kappa shape index (κ2) is 13.0. The third-order valence-electron chi connectivity index (χ3n) is 17.7. The Labute approximate surface area is 324 Å². The minimum atomic E-state index is -1.98. The first-order chi connectivity index (χ1) is 25.5. The maximum absolute atomic E-state index is 12.4. The molecule has 316 valence electrons. The molecule has 3 heterocycles. The third-order valence-corrected chi connectivity index (χ3v) is 17.7. The molecule has 5 saturated carbocycles. The van der Waals surface area contributed by atoms with Gasteiger partial charge in [-0.3, -0.25) is 0 Å². The van der Waals surface area contributed by atoms with Crippen molar-refractivity contribution in [3.05, 3.63) is 0 Å². The van der Waals surface area contributed by atoms with Gasteiger partial charge in [0.2, 0.25) is 0 Å². The molecular weight excluding hydrogens is 716 g/mol. The molecule has 0 aromatic rings. The van der Waals surface area contributed by atoms with Gasteiger partial charge >= 0.3 is 0 Å². The maximum atomic E-state index is 12.4. The van der Waals surface area contributed by atoms with Crippen molar-refractivity contribution in [2.24, 2.45) is 44.8 Å². The van der Waals surface area contributed by atoms with Crippen molar-refractivity contribution in [3.8, 4) is 0 Å². The van der Waals surface area contributed by atoms with Crippen LogP contribution in [0.4, 0.5) is 0 Å². The summed E-state index contributed by atoms with van der Waals surface area (Å²) in [6, 6.07) is 0. The predicted molar refractivity (Wildman–Crippen MR) is 194 cm³/mol. The fourth-order valence-electron chi connectivity index (χ4n) is 14.9. The minimum absolute atomic E-state index is 0.00376. The van der Waals surface area contributed by atoms with Gasteiger partial charge < -0.3 is 69.6 Å². The number of hydrogen-bond donors (Lipinski definition) is 9. The summed E-state index contributed by atoms with van der Waals surface area (Å²) in [4.78, 5) is 0. The molecule has 0 amide bonds. The lowest BCUT2D eigenvalue weighted by atomic mass is 9.41. The van der Waals surface area contributed by atoms with Crippen LogP contribution in [0.5, 0.6) is 0 Å². The number of aliphatic hydroxyl groups excluding tert-OH is 7. The van der Waals surface area contributed by atoms with E-state index in [0.29, 0.717) is 19.3 Å². The number of hydrogen-bond acceptors (Lipinski definition) is 14. The Bertz CT molecular complexity index is 1470. The Kier molecular flexibility index (Phi) is 9.71. The van der Waals surface area contributed by atoms with Crippen LogP contribution in [0.15, 0.2) is 0 Å². The van der Waals surface area contributed by atoms with Gasteiger partial charge in [-0.05, 0) is 117 Å². The molecule has 0 aromatic carbocycles. The molecule has 0 aromatic heterocycles. The zero-order valence-electron chi connectivity index (χ0n) is 33.6. The smallest absolute Gasteiger partial charge is 0.187 e. The van der Waals surface area contributed by atoms with Gasteiger partial charge in [-0.1, -0.05) is 27.7 Å². The van der Waals surface area contributed by atoms with Crippen LogP contribution in [0.1, 0.15) is 106 Å². The Morgan fingerprint density at radius 2 is 1.49 bits per heavy atom. The molecule has 0 radical (unpaired) electrons. The monoisotopic (exact) mass is 784 g/mol. The summed E-state index contributed by atoms with van der Waals surface area (Å²) in [7, 11) is 0. The third kappa shape index (κ3) is 5.56. The van der Waals surface area contributed by atoms with E-state index in [9.17, 15) is 46.0 Å². The quantitative estimate of drug-likeness (QED) is 0.155. The van der Waals surface area contributed by atoms with E-state index in [4.69, 9.17) is 23.7 Å². The van der Waals surface area contributed by atoms with Crippen molar-refractivity contribution in [3.63, 3.8) is 0 Å². The lowest BCUT2D eigenvalue weighted by Crippen LogP contribution is -2.65. The highest BCUT2D eigenvalue weighted by Crippen LogP contribution is 2.89. The van der Waals surface area contributed by atoms with Crippen LogP contribution in [-0.4, -0.2) is 150 Å². The second-order valence-electron chi connectivity index (χ2n) is 21.2. The van der Waals surface area contributed by atoms with Gasteiger partial charge in [0.05, 0.1) is 55.4 Å². The van der Waals surface area contributed by atoms with Gasteiger partial charge in [-0.25, -0.2) is 0 Å². The second-order valence-corrected chi connectivity index (χ2v) is 21.2. The molecule has 55 heavy (non-hydrogen) atoms. The normalized spacial score (nSPS) is 58.5.